The van der Waals surface area contributed by atoms with E-state index in [1.54, 1.807) is 12.1 Å². The van der Waals surface area contributed by atoms with E-state index in [4.69, 9.17) is 4.74 Å². The summed E-state index contributed by atoms with van der Waals surface area (Å²) in [5.41, 5.74) is 0.609. The molecule has 0 spiro atoms. The van der Waals surface area contributed by atoms with Crippen molar-refractivity contribution in [3.05, 3.63) is 30.1 Å². The number of cyclic esters (lactones) is 1. The number of anilines is 2. The summed E-state index contributed by atoms with van der Waals surface area (Å²) in [6.07, 6.45) is 0.690. The lowest BCUT2D eigenvalue weighted by molar-refractivity contribution is -0.137. The van der Waals surface area contributed by atoms with E-state index in [2.05, 4.69) is 15.5 Å². The van der Waals surface area contributed by atoms with E-state index in [0.29, 0.717) is 28.2 Å². The van der Waals surface area contributed by atoms with Crippen molar-refractivity contribution in [1.29, 1.82) is 0 Å². The summed E-state index contributed by atoms with van der Waals surface area (Å²) in [7, 11) is 0. The Balaban J connectivity index is 1.66. The van der Waals surface area contributed by atoms with Crippen molar-refractivity contribution in [2.75, 3.05) is 11.9 Å². The van der Waals surface area contributed by atoms with Crippen LogP contribution in [0.3, 0.4) is 0 Å². The first-order valence-corrected chi connectivity index (χ1v) is 7.60. The molecular weight excluding hydrogens is 301 g/mol. The van der Waals surface area contributed by atoms with Gasteiger partial charge in [-0.05, 0) is 18.2 Å². The number of nitrogens with zero attached hydrogens (tertiary/aromatic N) is 2. The third kappa shape index (κ3) is 3.07. The van der Waals surface area contributed by atoms with E-state index in [1.165, 1.54) is 35.2 Å². The van der Waals surface area contributed by atoms with Crippen LogP contribution in [0.1, 0.15) is 6.42 Å². The summed E-state index contributed by atoms with van der Waals surface area (Å²) in [5, 5.41) is 11.3. The number of carbonyl (C=O) groups is 1. The Kier molecular flexibility index (Phi) is 3.83. The highest BCUT2D eigenvalue weighted by molar-refractivity contribution is 8.02. The Morgan fingerprint density at radius 1 is 1.45 bits per heavy atom. The number of hydrogen-bond donors (Lipinski definition) is 1. The number of halogens is 1. The number of benzene rings is 1. The molecule has 1 aliphatic heterocycles. The summed E-state index contributed by atoms with van der Waals surface area (Å²) >= 11 is 2.67. The molecule has 104 valence electrons. The molecule has 0 saturated carbocycles. The normalized spacial score (nSPS) is 18.1. The molecule has 2 heterocycles. The van der Waals surface area contributed by atoms with Crippen molar-refractivity contribution < 1.29 is 13.9 Å². The predicted molar refractivity (Wildman–Crippen MR) is 74.8 cm³/mol. The second-order valence-corrected chi connectivity index (χ2v) is 6.50. The minimum atomic E-state index is -0.317. The maximum absolute atomic E-state index is 13.1. The van der Waals surface area contributed by atoms with Crippen molar-refractivity contribution in [3.8, 4) is 0 Å². The summed E-state index contributed by atoms with van der Waals surface area (Å²) < 4.78 is 18.6. The van der Waals surface area contributed by atoms with Crippen molar-refractivity contribution >= 4 is 39.9 Å². The van der Waals surface area contributed by atoms with Crippen LogP contribution in [0.2, 0.25) is 0 Å². The van der Waals surface area contributed by atoms with Gasteiger partial charge >= 0.3 is 5.97 Å². The molecule has 0 bridgehead atoms. The highest BCUT2D eigenvalue weighted by atomic mass is 32.2. The molecule has 0 amide bonds. The molecule has 1 aliphatic rings. The topological polar surface area (TPSA) is 64.1 Å². The van der Waals surface area contributed by atoms with Crippen LogP contribution in [0.5, 0.6) is 0 Å². The molecule has 20 heavy (non-hydrogen) atoms. The zero-order valence-electron chi connectivity index (χ0n) is 10.2. The molecule has 1 N–H and O–H groups in total. The van der Waals surface area contributed by atoms with Gasteiger partial charge in [-0.2, -0.15) is 0 Å². The number of hydrogen-bond acceptors (Lipinski definition) is 7. The van der Waals surface area contributed by atoms with Crippen molar-refractivity contribution in [2.45, 2.75) is 16.0 Å². The molecule has 0 radical (unpaired) electrons. The Hall–Kier alpha value is -1.67. The van der Waals surface area contributed by atoms with Crippen molar-refractivity contribution in [1.82, 2.24) is 10.2 Å². The van der Waals surface area contributed by atoms with Crippen LogP contribution in [-0.2, 0) is 9.53 Å². The van der Waals surface area contributed by atoms with Gasteiger partial charge < -0.3 is 10.1 Å². The smallest absolute Gasteiger partial charge is 0.319 e. The molecule has 0 aliphatic carbocycles. The van der Waals surface area contributed by atoms with Gasteiger partial charge in [-0.25, -0.2) is 4.39 Å². The van der Waals surface area contributed by atoms with E-state index in [1.807, 2.05) is 0 Å². The maximum atomic E-state index is 13.1. The number of ether oxygens (including phenoxy) is 1. The molecule has 1 aromatic heterocycles. The first-order valence-electron chi connectivity index (χ1n) is 5.90. The van der Waals surface area contributed by atoms with Crippen LogP contribution >= 0.6 is 23.1 Å². The van der Waals surface area contributed by atoms with E-state index in [9.17, 15) is 9.18 Å². The van der Waals surface area contributed by atoms with Gasteiger partial charge in [0.15, 0.2) is 4.34 Å². The minimum Gasteiger partial charge on any atom is -0.465 e. The highest BCUT2D eigenvalue weighted by Gasteiger charge is 2.28. The molecule has 8 heteroatoms. The SMILES string of the molecule is O=C1OCC[C@H]1Sc1nnc(Nc2cccc(F)c2)s1. The monoisotopic (exact) mass is 311 g/mol. The average molecular weight is 311 g/mol. The Bertz CT molecular complexity index is 635. The summed E-state index contributed by atoms with van der Waals surface area (Å²) in [4.78, 5) is 11.4. The zero-order chi connectivity index (χ0) is 13.9. The lowest BCUT2D eigenvalue weighted by Gasteiger charge is -2.01. The number of aromatic nitrogens is 2. The first-order chi connectivity index (χ1) is 9.70. The molecule has 2 aromatic rings. The number of nitrogens with one attached hydrogen (secondary N) is 1. The van der Waals surface area contributed by atoms with Gasteiger partial charge in [-0.1, -0.05) is 29.2 Å². The largest absolute Gasteiger partial charge is 0.465 e. The van der Waals surface area contributed by atoms with Crippen LogP contribution in [0.15, 0.2) is 28.6 Å². The van der Waals surface area contributed by atoms with Gasteiger partial charge in [-0.3, -0.25) is 4.79 Å². The Morgan fingerprint density at radius 2 is 2.35 bits per heavy atom. The molecule has 1 atom stereocenters. The molecule has 1 saturated heterocycles. The standard InChI is InChI=1S/C12H10FN3O2S2/c13-7-2-1-3-8(6-7)14-11-15-16-12(20-11)19-9-4-5-18-10(9)17/h1-3,6,9H,4-5H2,(H,14,15)/t9-/m1/s1. The number of rotatable bonds is 4. The fourth-order valence-electron chi connectivity index (χ4n) is 1.70. The molecule has 5 nitrogen and oxygen atoms in total. The van der Waals surface area contributed by atoms with Crippen molar-refractivity contribution in [2.24, 2.45) is 0 Å². The van der Waals surface area contributed by atoms with Crippen LogP contribution in [0.25, 0.3) is 0 Å². The predicted octanol–water partition coefficient (Wildman–Crippen LogP) is 2.83. The lowest BCUT2D eigenvalue weighted by Crippen LogP contribution is -2.08. The van der Waals surface area contributed by atoms with Gasteiger partial charge in [0, 0.05) is 12.1 Å². The maximum Gasteiger partial charge on any atom is 0.319 e. The van der Waals surface area contributed by atoms with Gasteiger partial charge in [0.05, 0.1) is 6.61 Å². The molecular formula is C12H10FN3O2S2. The van der Waals surface area contributed by atoms with E-state index in [-0.39, 0.29) is 17.0 Å². The number of thioether (sulfide) groups is 1. The van der Waals surface area contributed by atoms with Gasteiger partial charge in [0.2, 0.25) is 5.13 Å². The highest BCUT2D eigenvalue weighted by Crippen LogP contribution is 2.33. The number of esters is 1. The average Bonchev–Trinajstić information content (AvgIpc) is 3.01. The van der Waals surface area contributed by atoms with Crippen LogP contribution in [-0.4, -0.2) is 28.0 Å². The fraction of sp³-hybridized carbons (Fsp3) is 0.250. The molecule has 1 aromatic carbocycles. The van der Waals surface area contributed by atoms with Crippen LogP contribution in [0, 0.1) is 5.82 Å². The third-order valence-corrected chi connectivity index (χ3v) is 4.78. The summed E-state index contributed by atoms with van der Waals surface area (Å²) in [6.45, 7) is 0.462. The molecule has 1 fully saturated rings. The van der Waals surface area contributed by atoms with Gasteiger partial charge in [0.1, 0.15) is 11.1 Å². The Labute approximate surface area is 122 Å². The van der Waals surface area contributed by atoms with Crippen LogP contribution in [0.4, 0.5) is 15.2 Å². The fourth-order valence-corrected chi connectivity index (χ4v) is 3.69. The van der Waals surface area contributed by atoms with E-state index >= 15 is 0 Å². The minimum absolute atomic E-state index is 0.204. The lowest BCUT2D eigenvalue weighted by atomic mass is 10.3. The van der Waals surface area contributed by atoms with E-state index < -0.39 is 0 Å². The quantitative estimate of drug-likeness (QED) is 0.876. The Morgan fingerprint density at radius 3 is 3.10 bits per heavy atom. The summed E-state index contributed by atoms with van der Waals surface area (Å²) in [6, 6.07) is 6.11. The summed E-state index contributed by atoms with van der Waals surface area (Å²) in [5.74, 6) is -0.521. The van der Waals surface area contributed by atoms with Gasteiger partial charge in [0.25, 0.3) is 0 Å². The zero-order valence-corrected chi connectivity index (χ0v) is 11.8. The van der Waals surface area contributed by atoms with Crippen LogP contribution < -0.4 is 5.32 Å². The van der Waals surface area contributed by atoms with Gasteiger partial charge in [-0.15, -0.1) is 10.2 Å². The first kappa shape index (κ1) is 13.3. The molecule has 3 rings (SSSR count). The van der Waals surface area contributed by atoms with E-state index in [0.717, 1.165) is 0 Å². The molecule has 0 unspecified atom stereocenters. The second-order valence-electron chi connectivity index (χ2n) is 4.07. The third-order valence-electron chi connectivity index (χ3n) is 2.61. The van der Waals surface area contributed by atoms with Crippen molar-refractivity contribution in [3.63, 3.8) is 0 Å². The second kappa shape index (κ2) is 5.76. The number of carbonyl (C=O) groups excluding carboxylic acids is 1.